The van der Waals surface area contributed by atoms with E-state index in [9.17, 15) is 9.59 Å². The fraction of sp³-hybridized carbons (Fsp3) is 0.152. The molecular weight excluding hydrogens is 546 g/mol. The number of methoxy groups -OCH3 is 1. The van der Waals surface area contributed by atoms with Crippen molar-refractivity contribution in [3.05, 3.63) is 126 Å². The first-order valence-corrected chi connectivity index (χ1v) is 14.1. The Balaban J connectivity index is 1.28. The summed E-state index contributed by atoms with van der Waals surface area (Å²) in [4.78, 5) is 31.9. The minimum Gasteiger partial charge on any atom is -0.465 e. The smallest absolute Gasteiger partial charge is 0.337 e. The maximum atomic E-state index is 13.2. The van der Waals surface area contributed by atoms with E-state index in [0.29, 0.717) is 17.2 Å². The highest BCUT2D eigenvalue weighted by Crippen LogP contribution is 2.39. The number of hydrogen-bond donors (Lipinski definition) is 2. The van der Waals surface area contributed by atoms with Gasteiger partial charge in [0.05, 0.1) is 30.5 Å². The normalized spacial score (nSPS) is 16.3. The number of carbonyl (C=O) groups is 2. The van der Waals surface area contributed by atoms with Crippen LogP contribution in [0.15, 0.2) is 109 Å². The third-order valence-electron chi connectivity index (χ3n) is 7.49. The zero-order chi connectivity index (χ0) is 29.1. The molecule has 8 nitrogen and oxygen atoms in total. The molecule has 0 unspecified atom stereocenters. The molecule has 9 heteroatoms. The number of carbonyl (C=O) groups excluding carboxylic acids is 2. The Morgan fingerprint density at radius 1 is 0.952 bits per heavy atom. The van der Waals surface area contributed by atoms with Crippen molar-refractivity contribution in [3.8, 4) is 5.69 Å². The summed E-state index contributed by atoms with van der Waals surface area (Å²) in [5, 5.41) is 9.17. The van der Waals surface area contributed by atoms with E-state index in [2.05, 4.69) is 25.1 Å². The van der Waals surface area contributed by atoms with Crippen LogP contribution < -0.4 is 10.6 Å². The van der Waals surface area contributed by atoms with Gasteiger partial charge in [-0.15, -0.1) is 0 Å². The van der Waals surface area contributed by atoms with E-state index in [-0.39, 0.29) is 30.4 Å². The highest BCUT2D eigenvalue weighted by atomic mass is 32.1. The van der Waals surface area contributed by atoms with Crippen LogP contribution in [0.2, 0.25) is 0 Å². The Morgan fingerprint density at radius 2 is 1.74 bits per heavy atom. The summed E-state index contributed by atoms with van der Waals surface area (Å²) in [5.74, 6) is -0.481. The number of aromatic nitrogens is 2. The molecule has 2 aromatic heterocycles. The average Bonchev–Trinajstić information content (AvgIpc) is 3.64. The summed E-state index contributed by atoms with van der Waals surface area (Å²) in [5.41, 5.74) is 3.96. The number of fused-ring (bicyclic) bond motifs is 1. The number of nitrogens with one attached hydrogen (secondary N) is 2. The monoisotopic (exact) mass is 575 g/mol. The number of benzene rings is 3. The first-order chi connectivity index (χ1) is 20.5. The van der Waals surface area contributed by atoms with Gasteiger partial charge in [0.2, 0.25) is 5.91 Å². The van der Waals surface area contributed by atoms with Crippen molar-refractivity contribution in [2.45, 2.75) is 18.5 Å². The molecule has 3 aromatic carbocycles. The summed E-state index contributed by atoms with van der Waals surface area (Å²) in [6.45, 7) is 0.406. The second-order valence-electron chi connectivity index (χ2n) is 9.99. The largest absolute Gasteiger partial charge is 0.465 e. The molecule has 2 N–H and O–H groups in total. The van der Waals surface area contributed by atoms with E-state index >= 15 is 0 Å². The van der Waals surface area contributed by atoms with E-state index in [0.717, 1.165) is 33.5 Å². The molecule has 3 heterocycles. The quantitative estimate of drug-likeness (QED) is 0.178. The number of hydrogen-bond acceptors (Lipinski definition) is 5. The van der Waals surface area contributed by atoms with Gasteiger partial charge in [0, 0.05) is 47.8 Å². The van der Waals surface area contributed by atoms with Gasteiger partial charge < -0.3 is 24.8 Å². The lowest BCUT2D eigenvalue weighted by atomic mass is 10.0. The Hall–Kier alpha value is -5.02. The van der Waals surface area contributed by atoms with E-state index in [1.807, 2.05) is 91.1 Å². The lowest BCUT2D eigenvalue weighted by Crippen LogP contribution is -2.33. The number of ether oxygens (including phenoxy) is 1. The van der Waals surface area contributed by atoms with Gasteiger partial charge in [-0.1, -0.05) is 42.5 Å². The Bertz CT molecular complexity index is 1750. The summed E-state index contributed by atoms with van der Waals surface area (Å²) >= 11 is 5.83. The van der Waals surface area contributed by atoms with Gasteiger partial charge in [0.25, 0.3) is 0 Å². The van der Waals surface area contributed by atoms with Gasteiger partial charge in [-0.3, -0.25) is 9.78 Å². The van der Waals surface area contributed by atoms with Crippen LogP contribution in [-0.4, -0.2) is 45.1 Å². The second-order valence-corrected chi connectivity index (χ2v) is 10.4. The molecule has 0 saturated carbocycles. The number of nitrogens with zero attached hydrogens (tertiary/aromatic N) is 3. The van der Waals surface area contributed by atoms with Crippen LogP contribution in [0.3, 0.4) is 0 Å². The number of thiocarbonyl (C=S) groups is 1. The molecule has 1 fully saturated rings. The van der Waals surface area contributed by atoms with Crippen LogP contribution in [0.4, 0.5) is 5.69 Å². The molecule has 6 rings (SSSR count). The van der Waals surface area contributed by atoms with Gasteiger partial charge in [0.15, 0.2) is 5.11 Å². The maximum Gasteiger partial charge on any atom is 0.337 e. The number of amides is 1. The minimum atomic E-state index is -0.386. The van der Waals surface area contributed by atoms with Crippen LogP contribution in [0.25, 0.3) is 16.5 Å². The van der Waals surface area contributed by atoms with Gasteiger partial charge in [0.1, 0.15) is 0 Å². The molecule has 1 saturated heterocycles. The van der Waals surface area contributed by atoms with Gasteiger partial charge in [-0.25, -0.2) is 4.79 Å². The number of anilines is 1. The van der Waals surface area contributed by atoms with Crippen molar-refractivity contribution in [3.63, 3.8) is 0 Å². The first-order valence-electron chi connectivity index (χ1n) is 13.6. The molecule has 1 aliphatic rings. The van der Waals surface area contributed by atoms with Crippen molar-refractivity contribution in [1.82, 2.24) is 19.8 Å². The summed E-state index contributed by atoms with van der Waals surface area (Å²) < 4.78 is 6.92. The molecule has 0 radical (unpaired) electrons. The predicted octanol–water partition coefficient (Wildman–Crippen LogP) is 5.81. The molecule has 2 atom stereocenters. The van der Waals surface area contributed by atoms with Crippen molar-refractivity contribution in [1.29, 1.82) is 0 Å². The average molecular weight is 576 g/mol. The Kier molecular flexibility index (Phi) is 7.66. The van der Waals surface area contributed by atoms with Crippen LogP contribution in [0.5, 0.6) is 0 Å². The van der Waals surface area contributed by atoms with Gasteiger partial charge in [-0.05, 0) is 72.2 Å². The fourth-order valence-electron chi connectivity index (χ4n) is 5.48. The van der Waals surface area contributed by atoms with E-state index in [1.165, 1.54) is 7.11 Å². The third kappa shape index (κ3) is 5.34. The highest BCUT2D eigenvalue weighted by molar-refractivity contribution is 7.80. The van der Waals surface area contributed by atoms with Crippen LogP contribution in [-0.2, 0) is 9.53 Å². The van der Waals surface area contributed by atoms with Crippen LogP contribution >= 0.6 is 12.2 Å². The topological polar surface area (TPSA) is 88.5 Å². The third-order valence-corrected chi connectivity index (χ3v) is 7.84. The minimum absolute atomic E-state index is 0.0945. The van der Waals surface area contributed by atoms with Crippen LogP contribution in [0, 0.1) is 0 Å². The fourth-order valence-corrected chi connectivity index (χ4v) is 5.81. The molecule has 5 aromatic rings. The second kappa shape index (κ2) is 11.8. The molecular formula is C33H29N5O3S. The van der Waals surface area contributed by atoms with Gasteiger partial charge >= 0.3 is 5.97 Å². The lowest BCUT2D eigenvalue weighted by Gasteiger charge is -2.29. The molecule has 1 aliphatic heterocycles. The molecule has 42 heavy (non-hydrogen) atoms. The SMILES string of the molecule is COC(=O)c1ccc(-n2cccc2[C@H]2[C@@H](c3ccccn3)NC(=S)N2CCC(=O)Nc2cccc3ccccc23)cc1. The maximum absolute atomic E-state index is 13.2. The standard InChI is InChI=1S/C33H29N5O3S/c1-41-32(40)23-14-16-24(17-15-23)37-20-7-13-28(37)31-30(27-11-4-5-19-34-27)36-33(42)38(31)21-18-29(39)35-26-12-6-9-22-8-2-3-10-25(22)26/h2-17,19-20,30-31H,18,21H2,1H3,(H,35,39)(H,36,42)/t30-,31+/m1/s1. The van der Waals surface area contributed by atoms with Crippen molar-refractivity contribution in [2.75, 3.05) is 19.0 Å². The lowest BCUT2D eigenvalue weighted by molar-refractivity contribution is -0.116. The number of pyridine rings is 1. The molecule has 0 spiro atoms. The Morgan fingerprint density at radius 3 is 2.52 bits per heavy atom. The van der Waals surface area contributed by atoms with Crippen molar-refractivity contribution in [2.24, 2.45) is 0 Å². The zero-order valence-corrected chi connectivity index (χ0v) is 23.8. The van der Waals surface area contributed by atoms with Crippen LogP contribution in [0.1, 0.15) is 40.3 Å². The number of esters is 1. The van der Waals surface area contributed by atoms with Crippen molar-refractivity contribution < 1.29 is 14.3 Å². The molecule has 210 valence electrons. The zero-order valence-electron chi connectivity index (χ0n) is 22.9. The van der Waals surface area contributed by atoms with E-state index in [1.54, 1.807) is 18.3 Å². The molecule has 0 aliphatic carbocycles. The summed E-state index contributed by atoms with van der Waals surface area (Å²) in [6.07, 6.45) is 3.98. The molecule has 0 bridgehead atoms. The van der Waals surface area contributed by atoms with Crippen molar-refractivity contribution >= 4 is 45.7 Å². The summed E-state index contributed by atoms with van der Waals surface area (Å²) in [6, 6.07) is 30.5. The first kappa shape index (κ1) is 27.2. The van der Waals surface area contributed by atoms with E-state index < -0.39 is 0 Å². The predicted molar refractivity (Wildman–Crippen MR) is 166 cm³/mol. The van der Waals surface area contributed by atoms with E-state index in [4.69, 9.17) is 17.0 Å². The number of rotatable bonds is 8. The van der Waals surface area contributed by atoms with Gasteiger partial charge in [-0.2, -0.15) is 0 Å². The summed E-state index contributed by atoms with van der Waals surface area (Å²) in [7, 11) is 1.37. The highest BCUT2D eigenvalue weighted by Gasteiger charge is 2.41. The Labute approximate surface area is 248 Å². The molecule has 1 amide bonds.